The Morgan fingerprint density at radius 3 is 2.61 bits per heavy atom. The molecule has 2 heterocycles. The van der Waals surface area contributed by atoms with Crippen LogP contribution in [0.1, 0.15) is 35.5 Å². The van der Waals surface area contributed by atoms with Gasteiger partial charge in [-0.3, -0.25) is 9.52 Å². The first kappa shape index (κ1) is 21.3. The summed E-state index contributed by atoms with van der Waals surface area (Å²) in [6.07, 6.45) is 3.00. The van der Waals surface area contributed by atoms with E-state index in [1.165, 1.54) is 6.07 Å². The lowest BCUT2D eigenvalue weighted by Gasteiger charge is -2.24. The number of hydrogen-bond donors (Lipinski definition) is 1. The van der Waals surface area contributed by atoms with Crippen molar-refractivity contribution < 1.29 is 17.7 Å². The lowest BCUT2D eigenvalue weighted by atomic mass is 10.1. The number of nitrogens with zero attached hydrogens (tertiary/aromatic N) is 3. The van der Waals surface area contributed by atoms with E-state index in [4.69, 9.17) is 16.1 Å². The van der Waals surface area contributed by atoms with Crippen molar-refractivity contribution in [1.82, 2.24) is 15.0 Å². The summed E-state index contributed by atoms with van der Waals surface area (Å²) in [4.78, 5) is 18.5. The molecule has 1 aromatic heterocycles. The Morgan fingerprint density at radius 1 is 1.13 bits per heavy atom. The van der Waals surface area contributed by atoms with Gasteiger partial charge in [0.2, 0.25) is 5.82 Å². The molecule has 8 nitrogen and oxygen atoms in total. The van der Waals surface area contributed by atoms with Crippen molar-refractivity contribution >= 4 is 33.2 Å². The average molecular weight is 461 g/mol. The molecule has 0 aliphatic carbocycles. The predicted octanol–water partition coefficient (Wildman–Crippen LogP) is 4.13. The molecule has 0 unspecified atom stereocenters. The summed E-state index contributed by atoms with van der Waals surface area (Å²) in [6.45, 7) is 3.01. The number of piperidine rings is 1. The van der Waals surface area contributed by atoms with Gasteiger partial charge in [0.1, 0.15) is 0 Å². The third-order valence-corrected chi connectivity index (χ3v) is 6.94. The number of aromatic nitrogens is 2. The van der Waals surface area contributed by atoms with E-state index < -0.39 is 10.0 Å². The van der Waals surface area contributed by atoms with Gasteiger partial charge in [-0.1, -0.05) is 41.0 Å². The summed E-state index contributed by atoms with van der Waals surface area (Å²) in [5.41, 5.74) is 1.24. The fourth-order valence-corrected chi connectivity index (χ4v) is 5.02. The van der Waals surface area contributed by atoms with Gasteiger partial charge in [-0.05, 0) is 49.9 Å². The number of carbonyl (C=O) groups excluding carboxylic acids is 1. The van der Waals surface area contributed by atoms with E-state index in [-0.39, 0.29) is 28.2 Å². The zero-order valence-corrected chi connectivity index (χ0v) is 18.4. The topological polar surface area (TPSA) is 105 Å². The SMILES string of the molecule is Cc1ccc(-c2noc(C(=O)N3CCCCC3)n2)cc1S(=O)(=O)Nc1ccccc1Cl. The van der Waals surface area contributed by atoms with E-state index in [0.717, 1.165) is 19.3 Å². The fraction of sp³-hybridized carbons (Fsp3) is 0.286. The van der Waals surface area contributed by atoms with Gasteiger partial charge >= 0.3 is 11.8 Å². The van der Waals surface area contributed by atoms with Gasteiger partial charge in [-0.2, -0.15) is 4.98 Å². The molecule has 0 saturated carbocycles. The quantitative estimate of drug-likeness (QED) is 0.613. The van der Waals surface area contributed by atoms with Crippen LogP contribution in [0, 0.1) is 6.92 Å². The minimum Gasteiger partial charge on any atom is -0.334 e. The highest BCUT2D eigenvalue weighted by Gasteiger charge is 2.25. The molecule has 0 radical (unpaired) electrons. The number of anilines is 1. The number of benzene rings is 2. The Morgan fingerprint density at radius 2 is 1.87 bits per heavy atom. The molecule has 0 atom stereocenters. The van der Waals surface area contributed by atoms with Crippen LogP contribution in [0.4, 0.5) is 5.69 Å². The van der Waals surface area contributed by atoms with Crippen molar-refractivity contribution in [3.05, 3.63) is 58.9 Å². The summed E-state index contributed by atoms with van der Waals surface area (Å²) in [7, 11) is -3.92. The number of hydrogen-bond acceptors (Lipinski definition) is 6. The van der Waals surface area contributed by atoms with Crippen LogP contribution in [0.15, 0.2) is 51.9 Å². The van der Waals surface area contributed by atoms with Crippen LogP contribution < -0.4 is 4.72 Å². The van der Waals surface area contributed by atoms with Gasteiger partial charge in [0.05, 0.1) is 15.6 Å². The lowest BCUT2D eigenvalue weighted by molar-refractivity contribution is 0.0674. The molecule has 162 valence electrons. The van der Waals surface area contributed by atoms with Crippen molar-refractivity contribution in [3.63, 3.8) is 0 Å². The van der Waals surface area contributed by atoms with Gasteiger partial charge in [0.15, 0.2) is 0 Å². The normalized spacial score (nSPS) is 14.5. The second-order valence-corrected chi connectivity index (χ2v) is 9.40. The molecule has 4 rings (SSSR count). The van der Waals surface area contributed by atoms with E-state index in [1.54, 1.807) is 48.2 Å². The van der Waals surface area contributed by atoms with Crippen molar-refractivity contribution in [2.45, 2.75) is 31.1 Å². The Hall–Kier alpha value is -2.91. The molecule has 10 heteroatoms. The minimum absolute atomic E-state index is 0.0543. The molecular weight excluding hydrogens is 440 g/mol. The summed E-state index contributed by atoms with van der Waals surface area (Å²) >= 11 is 6.09. The molecule has 0 spiro atoms. The molecule has 1 aliphatic rings. The highest BCUT2D eigenvalue weighted by molar-refractivity contribution is 7.92. The molecule has 3 aromatic rings. The molecule has 1 aliphatic heterocycles. The highest BCUT2D eigenvalue weighted by Crippen LogP contribution is 2.28. The maximum Gasteiger partial charge on any atom is 0.316 e. The Kier molecular flexibility index (Phi) is 5.97. The Bertz CT molecular complexity index is 1220. The number of aryl methyl sites for hydroxylation is 1. The molecule has 1 saturated heterocycles. The van der Waals surface area contributed by atoms with Gasteiger partial charge in [0, 0.05) is 18.7 Å². The van der Waals surface area contributed by atoms with Gasteiger partial charge in [-0.15, -0.1) is 0 Å². The van der Waals surface area contributed by atoms with E-state index >= 15 is 0 Å². The van der Waals surface area contributed by atoms with E-state index in [2.05, 4.69) is 14.9 Å². The molecule has 1 fully saturated rings. The van der Waals surface area contributed by atoms with E-state index in [1.807, 2.05) is 0 Å². The smallest absolute Gasteiger partial charge is 0.316 e. The monoisotopic (exact) mass is 460 g/mol. The Balaban J connectivity index is 1.62. The molecule has 1 amide bonds. The van der Waals surface area contributed by atoms with Gasteiger partial charge in [0.25, 0.3) is 10.0 Å². The third kappa shape index (κ3) is 4.57. The molecular formula is C21H21ClN4O4S. The van der Waals surface area contributed by atoms with Crippen LogP contribution in [0.3, 0.4) is 0 Å². The summed E-state index contributed by atoms with van der Waals surface area (Å²) in [5.74, 6) is -0.260. The number of nitrogens with one attached hydrogen (secondary N) is 1. The van der Waals surface area contributed by atoms with Crippen LogP contribution in [-0.4, -0.2) is 42.5 Å². The number of carbonyl (C=O) groups is 1. The van der Waals surface area contributed by atoms with Gasteiger partial charge in [-0.25, -0.2) is 8.42 Å². The van der Waals surface area contributed by atoms with Crippen molar-refractivity contribution in [1.29, 1.82) is 0 Å². The second-order valence-electron chi connectivity index (χ2n) is 7.34. The van der Waals surface area contributed by atoms with E-state index in [0.29, 0.717) is 29.2 Å². The van der Waals surface area contributed by atoms with Crippen LogP contribution in [-0.2, 0) is 10.0 Å². The molecule has 0 bridgehead atoms. The molecule has 2 aromatic carbocycles. The second kappa shape index (κ2) is 8.68. The fourth-order valence-electron chi connectivity index (χ4n) is 3.43. The predicted molar refractivity (Wildman–Crippen MR) is 116 cm³/mol. The molecule has 1 N–H and O–H groups in total. The standard InChI is InChI=1S/C21H21ClN4O4S/c1-14-9-10-15(13-18(14)31(28,29)25-17-8-4-3-7-16(17)22)19-23-20(30-24-19)21(27)26-11-5-2-6-12-26/h3-4,7-10,13,25H,2,5-6,11-12H2,1H3. The number of para-hydroxylation sites is 1. The van der Waals surface area contributed by atoms with Crippen molar-refractivity contribution in [2.75, 3.05) is 17.8 Å². The highest BCUT2D eigenvalue weighted by atomic mass is 35.5. The van der Waals surface area contributed by atoms with Crippen LogP contribution in [0.5, 0.6) is 0 Å². The number of sulfonamides is 1. The van der Waals surface area contributed by atoms with Crippen LogP contribution in [0.2, 0.25) is 5.02 Å². The molecule has 31 heavy (non-hydrogen) atoms. The first-order valence-corrected chi connectivity index (χ1v) is 11.7. The number of likely N-dealkylation sites (tertiary alicyclic amines) is 1. The number of halogens is 1. The number of amides is 1. The maximum atomic E-state index is 13.0. The third-order valence-electron chi connectivity index (χ3n) is 5.11. The zero-order chi connectivity index (χ0) is 22.0. The summed E-state index contributed by atoms with van der Waals surface area (Å²) in [6, 6.07) is 11.4. The van der Waals surface area contributed by atoms with E-state index in [9.17, 15) is 13.2 Å². The lowest BCUT2D eigenvalue weighted by Crippen LogP contribution is -2.35. The minimum atomic E-state index is -3.92. The first-order valence-electron chi connectivity index (χ1n) is 9.86. The van der Waals surface area contributed by atoms with Crippen LogP contribution in [0.25, 0.3) is 11.4 Å². The van der Waals surface area contributed by atoms with Crippen molar-refractivity contribution in [2.24, 2.45) is 0 Å². The number of rotatable bonds is 5. The van der Waals surface area contributed by atoms with Gasteiger partial charge < -0.3 is 9.42 Å². The largest absolute Gasteiger partial charge is 0.334 e. The zero-order valence-electron chi connectivity index (χ0n) is 16.8. The summed E-state index contributed by atoms with van der Waals surface area (Å²) < 4.78 is 33.6. The summed E-state index contributed by atoms with van der Waals surface area (Å²) in [5, 5.41) is 4.17. The maximum absolute atomic E-state index is 13.0. The van der Waals surface area contributed by atoms with Crippen LogP contribution >= 0.6 is 11.6 Å². The Labute approximate surface area is 185 Å². The first-order chi connectivity index (χ1) is 14.8. The average Bonchev–Trinajstić information content (AvgIpc) is 3.26. The van der Waals surface area contributed by atoms with Crippen molar-refractivity contribution in [3.8, 4) is 11.4 Å².